The number of fused-ring (bicyclic) bond motifs is 2. The van der Waals surface area contributed by atoms with Crippen molar-refractivity contribution < 1.29 is 24.3 Å². The third-order valence-corrected chi connectivity index (χ3v) is 6.68. The Morgan fingerprint density at radius 1 is 1.03 bits per heavy atom. The minimum absolute atomic E-state index is 0.0910. The quantitative estimate of drug-likeness (QED) is 0.383. The van der Waals surface area contributed by atoms with E-state index in [-0.39, 0.29) is 24.4 Å². The summed E-state index contributed by atoms with van der Waals surface area (Å²) in [7, 11) is 0. The zero-order chi connectivity index (χ0) is 26.1. The number of hydroxylamine groups is 2. The molecule has 2 amide bonds. The molecule has 4 aromatic rings. The summed E-state index contributed by atoms with van der Waals surface area (Å²) in [5.41, 5.74) is 4.08. The Kier molecular flexibility index (Phi) is 6.40. The number of anilines is 1. The van der Waals surface area contributed by atoms with Crippen molar-refractivity contribution in [3.8, 4) is 5.75 Å². The normalized spacial score (nSPS) is 14.6. The molecule has 37 heavy (non-hydrogen) atoms. The average molecular weight is 498 g/mol. The van der Waals surface area contributed by atoms with Crippen LogP contribution in [0.15, 0.2) is 72.8 Å². The number of urea groups is 1. The highest BCUT2D eigenvalue weighted by Gasteiger charge is 2.31. The van der Waals surface area contributed by atoms with Crippen LogP contribution in [-0.4, -0.2) is 38.7 Å². The number of hydrogen-bond donors (Lipinski definition) is 2. The van der Waals surface area contributed by atoms with Gasteiger partial charge in [-0.25, -0.2) is 4.79 Å². The molecule has 3 aromatic carbocycles. The smallest absolute Gasteiger partial charge is 0.355 e. The molecule has 2 N–H and O–H groups in total. The molecule has 0 radical (unpaired) electrons. The zero-order valence-corrected chi connectivity index (χ0v) is 20.6. The van der Waals surface area contributed by atoms with Crippen LogP contribution in [0.3, 0.4) is 0 Å². The highest BCUT2D eigenvalue weighted by molar-refractivity contribution is 6.04. The van der Waals surface area contributed by atoms with Crippen LogP contribution in [0.1, 0.15) is 40.5 Å². The molecule has 0 saturated heterocycles. The number of carboxylic acid groups (broad SMARTS) is 1. The van der Waals surface area contributed by atoms with E-state index in [9.17, 15) is 19.5 Å². The van der Waals surface area contributed by atoms with Crippen LogP contribution in [-0.2, 0) is 17.6 Å². The van der Waals surface area contributed by atoms with E-state index in [4.69, 9.17) is 4.84 Å². The van der Waals surface area contributed by atoms with Crippen LogP contribution in [0.5, 0.6) is 5.75 Å². The molecule has 0 aliphatic carbocycles. The lowest BCUT2D eigenvalue weighted by Gasteiger charge is -2.35. The van der Waals surface area contributed by atoms with Gasteiger partial charge in [0.15, 0.2) is 5.75 Å². The first-order chi connectivity index (χ1) is 17.9. The van der Waals surface area contributed by atoms with E-state index in [1.165, 1.54) is 5.06 Å². The van der Waals surface area contributed by atoms with Gasteiger partial charge in [-0.1, -0.05) is 37.3 Å². The van der Waals surface area contributed by atoms with Gasteiger partial charge in [0.2, 0.25) is 0 Å². The molecule has 1 unspecified atom stereocenters. The minimum atomic E-state index is -0.925. The van der Waals surface area contributed by atoms with Crippen molar-refractivity contribution in [2.75, 3.05) is 5.32 Å². The number of carboxylic acids is 1. The Hall–Kier alpha value is -4.59. The van der Waals surface area contributed by atoms with Crippen molar-refractivity contribution in [2.45, 2.75) is 39.2 Å². The SMILES string of the molecule is CCC1Cc2ccccc2ON1C(=O)Nc1ccc(C(=O)n2c(C)cc3c(CC(=O)O)cccc32)cc1. The lowest BCUT2D eigenvalue weighted by molar-refractivity contribution is -0.136. The molecule has 1 aromatic heterocycles. The number of amides is 2. The highest BCUT2D eigenvalue weighted by Crippen LogP contribution is 2.30. The van der Waals surface area contributed by atoms with Crippen molar-refractivity contribution >= 4 is 34.5 Å². The predicted octanol–water partition coefficient (Wildman–Crippen LogP) is 5.43. The van der Waals surface area contributed by atoms with Crippen LogP contribution in [0.25, 0.3) is 10.9 Å². The van der Waals surface area contributed by atoms with E-state index >= 15 is 0 Å². The molecule has 1 atom stereocenters. The molecule has 5 rings (SSSR count). The summed E-state index contributed by atoms with van der Waals surface area (Å²) in [6, 6.07) is 21.1. The number of aliphatic carboxylic acids is 1. The largest absolute Gasteiger partial charge is 0.481 e. The van der Waals surface area contributed by atoms with Gasteiger partial charge < -0.3 is 15.3 Å². The summed E-state index contributed by atoms with van der Waals surface area (Å²) in [5.74, 6) is -0.490. The predicted molar refractivity (Wildman–Crippen MR) is 140 cm³/mol. The van der Waals surface area contributed by atoms with Gasteiger partial charge in [-0.3, -0.25) is 14.2 Å². The minimum Gasteiger partial charge on any atom is -0.481 e. The summed E-state index contributed by atoms with van der Waals surface area (Å²) < 4.78 is 1.58. The molecule has 0 saturated carbocycles. The lowest BCUT2D eigenvalue weighted by Crippen LogP contribution is -2.48. The van der Waals surface area contributed by atoms with Gasteiger partial charge in [-0.15, -0.1) is 0 Å². The Morgan fingerprint density at radius 2 is 1.78 bits per heavy atom. The van der Waals surface area contributed by atoms with Crippen molar-refractivity contribution in [1.82, 2.24) is 9.63 Å². The topological polar surface area (TPSA) is 101 Å². The summed E-state index contributed by atoms with van der Waals surface area (Å²) in [6.45, 7) is 3.83. The Labute approximate surface area is 214 Å². The summed E-state index contributed by atoms with van der Waals surface area (Å²) in [4.78, 5) is 43.6. The number of carbonyl (C=O) groups is 3. The second kappa shape index (κ2) is 9.81. The van der Waals surface area contributed by atoms with Crippen LogP contribution in [0.2, 0.25) is 0 Å². The number of rotatable bonds is 5. The number of hydrogen-bond acceptors (Lipinski definition) is 4. The number of aryl methyl sites for hydroxylation is 1. The molecule has 2 heterocycles. The fourth-order valence-corrected chi connectivity index (χ4v) is 4.81. The molecule has 188 valence electrons. The number of aromatic nitrogens is 1. The second-order valence-electron chi connectivity index (χ2n) is 9.15. The van der Waals surface area contributed by atoms with Gasteiger partial charge in [-0.2, -0.15) is 5.06 Å². The lowest BCUT2D eigenvalue weighted by atomic mass is 10.0. The van der Waals surface area contributed by atoms with E-state index in [2.05, 4.69) is 5.32 Å². The maximum absolute atomic E-state index is 13.4. The van der Waals surface area contributed by atoms with Crippen LogP contribution in [0.4, 0.5) is 10.5 Å². The fraction of sp³-hybridized carbons (Fsp3) is 0.207. The monoisotopic (exact) mass is 497 g/mol. The number of benzene rings is 3. The number of nitrogens with one attached hydrogen (secondary N) is 1. The van der Waals surface area contributed by atoms with E-state index < -0.39 is 5.97 Å². The maximum Gasteiger partial charge on any atom is 0.355 e. The maximum atomic E-state index is 13.4. The molecule has 0 bridgehead atoms. The van der Waals surface area contributed by atoms with E-state index in [1.54, 1.807) is 47.0 Å². The zero-order valence-electron chi connectivity index (χ0n) is 20.6. The Morgan fingerprint density at radius 3 is 2.51 bits per heavy atom. The first-order valence-electron chi connectivity index (χ1n) is 12.2. The second-order valence-corrected chi connectivity index (χ2v) is 9.15. The van der Waals surface area contributed by atoms with Gasteiger partial charge >= 0.3 is 12.0 Å². The van der Waals surface area contributed by atoms with E-state index in [1.807, 2.05) is 44.2 Å². The Balaban J connectivity index is 1.34. The van der Waals surface area contributed by atoms with E-state index in [0.717, 1.165) is 17.4 Å². The van der Waals surface area contributed by atoms with Gasteiger partial charge in [0.1, 0.15) is 0 Å². The number of carbonyl (C=O) groups excluding carboxylic acids is 2. The molecule has 1 aliphatic heterocycles. The van der Waals surface area contributed by atoms with Crippen LogP contribution >= 0.6 is 0 Å². The standard InChI is InChI=1S/C29H27N3O5/c1-3-23-16-21-7-4-5-10-26(21)37-32(23)29(36)30-22-13-11-19(12-14-22)28(35)31-18(2)15-24-20(17-27(33)34)8-6-9-25(24)31/h4-15,23H,3,16-17H2,1-2H3,(H,30,36)(H,33,34). The molecule has 8 nitrogen and oxygen atoms in total. The van der Waals surface area contributed by atoms with Crippen LogP contribution < -0.4 is 10.2 Å². The summed E-state index contributed by atoms with van der Waals surface area (Å²) in [6.07, 6.45) is 1.34. The van der Waals surface area contributed by atoms with E-state index in [0.29, 0.717) is 40.2 Å². The van der Waals surface area contributed by atoms with Crippen molar-refractivity contribution in [2.24, 2.45) is 0 Å². The van der Waals surface area contributed by atoms with Gasteiger partial charge in [0.05, 0.1) is 18.0 Å². The molecule has 0 fully saturated rings. The Bertz CT molecular complexity index is 1510. The molecular weight excluding hydrogens is 470 g/mol. The highest BCUT2D eigenvalue weighted by atomic mass is 16.7. The molecule has 1 aliphatic rings. The average Bonchev–Trinajstić information content (AvgIpc) is 3.24. The molecule has 0 spiro atoms. The third-order valence-electron chi connectivity index (χ3n) is 6.68. The first-order valence-corrected chi connectivity index (χ1v) is 12.2. The van der Waals surface area contributed by atoms with Gasteiger partial charge in [-0.05, 0) is 66.9 Å². The fourth-order valence-electron chi connectivity index (χ4n) is 4.81. The van der Waals surface area contributed by atoms with Crippen molar-refractivity contribution in [1.29, 1.82) is 0 Å². The number of nitrogens with zero attached hydrogens (tertiary/aromatic N) is 2. The summed E-state index contributed by atoms with van der Waals surface area (Å²) >= 11 is 0. The number of para-hydroxylation sites is 1. The van der Waals surface area contributed by atoms with Crippen LogP contribution in [0, 0.1) is 6.92 Å². The van der Waals surface area contributed by atoms with Crippen molar-refractivity contribution in [3.05, 3.63) is 95.2 Å². The third kappa shape index (κ3) is 4.65. The van der Waals surface area contributed by atoms with Gasteiger partial charge in [0.25, 0.3) is 5.91 Å². The summed E-state index contributed by atoms with van der Waals surface area (Å²) in [5, 5.41) is 14.2. The molecular formula is C29H27N3O5. The molecule has 8 heteroatoms. The first kappa shape index (κ1) is 24.1. The van der Waals surface area contributed by atoms with Crippen molar-refractivity contribution in [3.63, 3.8) is 0 Å². The van der Waals surface area contributed by atoms with Gasteiger partial charge in [0, 0.05) is 28.8 Å².